The highest BCUT2D eigenvalue weighted by molar-refractivity contribution is 5.79. The lowest BCUT2D eigenvalue weighted by atomic mass is 10.0. The van der Waals surface area contributed by atoms with Crippen LogP contribution in [0.1, 0.15) is 25.8 Å². The Kier molecular flexibility index (Phi) is 5.60. The van der Waals surface area contributed by atoms with Crippen molar-refractivity contribution in [2.45, 2.75) is 32.0 Å². The fourth-order valence-electron chi connectivity index (χ4n) is 1.60. The molecule has 0 fully saturated rings. The molecule has 0 amide bonds. The molecule has 0 spiro atoms. The first kappa shape index (κ1) is 17.3. The molecule has 0 aliphatic rings. The lowest BCUT2D eigenvalue weighted by molar-refractivity contribution is -0.149. The maximum atomic E-state index is 12.8. The van der Waals surface area contributed by atoms with Crippen LogP contribution in [0.4, 0.5) is 13.2 Å². The van der Waals surface area contributed by atoms with Gasteiger partial charge in [0, 0.05) is 6.42 Å². The average molecular weight is 305 g/mol. The summed E-state index contributed by atoms with van der Waals surface area (Å²) in [5.41, 5.74) is 3.59. The van der Waals surface area contributed by atoms with Crippen LogP contribution in [-0.4, -0.2) is 24.7 Å². The Balaban J connectivity index is 2.67. The Morgan fingerprint density at radius 2 is 1.90 bits per heavy atom. The number of hydrogen-bond acceptors (Lipinski definition) is 4. The molecule has 0 heterocycles. The van der Waals surface area contributed by atoms with Gasteiger partial charge in [0.1, 0.15) is 11.3 Å². The predicted octanol–water partition coefficient (Wildman–Crippen LogP) is 2.75. The molecule has 21 heavy (non-hydrogen) atoms. The number of benzene rings is 1. The summed E-state index contributed by atoms with van der Waals surface area (Å²) in [5, 5.41) is 0. The van der Waals surface area contributed by atoms with E-state index in [1.54, 1.807) is 6.92 Å². The summed E-state index contributed by atoms with van der Waals surface area (Å²) >= 11 is 0. The second-order valence-corrected chi connectivity index (χ2v) is 4.73. The van der Waals surface area contributed by atoms with E-state index in [0.717, 1.165) is 6.07 Å². The van der Waals surface area contributed by atoms with E-state index in [2.05, 4.69) is 0 Å². The minimum atomic E-state index is -4.50. The fraction of sp³-hybridized carbons (Fsp3) is 0.500. The SMILES string of the molecule is CCOC(=O)C(C)(N)CCOc1ccccc1C(F)(F)F. The van der Waals surface area contributed by atoms with E-state index in [1.807, 2.05) is 0 Å². The largest absolute Gasteiger partial charge is 0.493 e. The third-order valence-electron chi connectivity index (χ3n) is 2.81. The maximum Gasteiger partial charge on any atom is 0.419 e. The van der Waals surface area contributed by atoms with Crippen molar-refractivity contribution in [2.24, 2.45) is 5.73 Å². The van der Waals surface area contributed by atoms with Gasteiger partial charge in [-0.15, -0.1) is 0 Å². The highest BCUT2D eigenvalue weighted by atomic mass is 19.4. The van der Waals surface area contributed by atoms with Crippen LogP contribution in [0.15, 0.2) is 24.3 Å². The first-order valence-corrected chi connectivity index (χ1v) is 6.43. The van der Waals surface area contributed by atoms with Gasteiger partial charge in [-0.05, 0) is 26.0 Å². The Morgan fingerprint density at radius 3 is 2.48 bits per heavy atom. The number of para-hydroxylation sites is 1. The number of nitrogens with two attached hydrogens (primary N) is 1. The van der Waals surface area contributed by atoms with Gasteiger partial charge in [0.05, 0.1) is 18.8 Å². The third-order valence-corrected chi connectivity index (χ3v) is 2.81. The van der Waals surface area contributed by atoms with E-state index in [1.165, 1.54) is 25.1 Å². The predicted molar refractivity (Wildman–Crippen MR) is 70.8 cm³/mol. The van der Waals surface area contributed by atoms with Gasteiger partial charge in [0.25, 0.3) is 0 Å². The molecule has 4 nitrogen and oxygen atoms in total. The molecule has 1 unspecified atom stereocenters. The fourth-order valence-corrected chi connectivity index (χ4v) is 1.60. The standard InChI is InChI=1S/C14H18F3NO3/c1-3-20-12(19)13(2,18)8-9-21-11-7-5-4-6-10(11)14(15,16)17/h4-7H,3,8-9,18H2,1-2H3. The molecule has 2 N–H and O–H groups in total. The number of alkyl halides is 3. The molecule has 1 atom stereocenters. The molecule has 0 bridgehead atoms. The molecule has 1 aromatic rings. The quantitative estimate of drug-likeness (QED) is 0.821. The Bertz CT molecular complexity index is 487. The third kappa shape index (κ3) is 4.93. The van der Waals surface area contributed by atoms with Gasteiger partial charge in [-0.25, -0.2) is 0 Å². The van der Waals surface area contributed by atoms with E-state index in [4.69, 9.17) is 15.2 Å². The molecule has 118 valence electrons. The van der Waals surface area contributed by atoms with Crippen LogP contribution in [-0.2, 0) is 15.7 Å². The van der Waals surface area contributed by atoms with E-state index in [-0.39, 0.29) is 25.4 Å². The average Bonchev–Trinajstić information content (AvgIpc) is 2.38. The summed E-state index contributed by atoms with van der Waals surface area (Å²) in [4.78, 5) is 11.6. The number of carbonyl (C=O) groups is 1. The van der Waals surface area contributed by atoms with Gasteiger partial charge in [-0.2, -0.15) is 13.2 Å². The maximum absolute atomic E-state index is 12.8. The number of halogens is 3. The minimum Gasteiger partial charge on any atom is -0.493 e. The monoisotopic (exact) mass is 305 g/mol. The van der Waals surface area contributed by atoms with Crippen molar-refractivity contribution >= 4 is 5.97 Å². The van der Waals surface area contributed by atoms with Crippen molar-refractivity contribution in [3.63, 3.8) is 0 Å². The van der Waals surface area contributed by atoms with Crippen molar-refractivity contribution in [3.8, 4) is 5.75 Å². The second kappa shape index (κ2) is 6.80. The molecule has 0 aliphatic heterocycles. The van der Waals surface area contributed by atoms with Gasteiger partial charge in [0.2, 0.25) is 0 Å². The summed E-state index contributed by atoms with van der Waals surface area (Å²) in [6.07, 6.45) is -4.46. The Morgan fingerprint density at radius 1 is 1.29 bits per heavy atom. The van der Waals surface area contributed by atoms with Gasteiger partial charge in [-0.1, -0.05) is 12.1 Å². The highest BCUT2D eigenvalue weighted by Gasteiger charge is 2.34. The summed E-state index contributed by atoms with van der Waals surface area (Å²) in [6, 6.07) is 4.88. The summed E-state index contributed by atoms with van der Waals surface area (Å²) in [6.45, 7) is 3.15. The molecule has 0 saturated carbocycles. The number of rotatable bonds is 6. The van der Waals surface area contributed by atoms with Crippen molar-refractivity contribution in [1.82, 2.24) is 0 Å². The molecule has 0 aromatic heterocycles. The lowest BCUT2D eigenvalue weighted by Crippen LogP contribution is -2.47. The van der Waals surface area contributed by atoms with E-state index in [9.17, 15) is 18.0 Å². The Labute approximate surface area is 121 Å². The molecular formula is C14H18F3NO3. The molecule has 0 radical (unpaired) electrons. The topological polar surface area (TPSA) is 61.5 Å². The highest BCUT2D eigenvalue weighted by Crippen LogP contribution is 2.35. The number of esters is 1. The molecular weight excluding hydrogens is 287 g/mol. The first-order valence-electron chi connectivity index (χ1n) is 6.43. The van der Waals surface area contributed by atoms with Crippen LogP contribution in [0.2, 0.25) is 0 Å². The summed E-state index contributed by atoms with van der Waals surface area (Å²) in [7, 11) is 0. The Hall–Kier alpha value is -1.76. The van der Waals surface area contributed by atoms with Crippen molar-refractivity contribution in [1.29, 1.82) is 0 Å². The van der Waals surface area contributed by atoms with Gasteiger partial charge in [0.15, 0.2) is 0 Å². The molecule has 0 saturated heterocycles. The number of ether oxygens (including phenoxy) is 2. The van der Waals surface area contributed by atoms with Gasteiger partial charge < -0.3 is 15.2 Å². The van der Waals surface area contributed by atoms with Gasteiger partial charge >= 0.3 is 12.1 Å². The zero-order valence-corrected chi connectivity index (χ0v) is 11.9. The minimum absolute atomic E-state index is 0.0397. The number of hydrogen-bond donors (Lipinski definition) is 1. The molecule has 7 heteroatoms. The van der Waals surface area contributed by atoms with Crippen LogP contribution in [0.3, 0.4) is 0 Å². The molecule has 0 aliphatic carbocycles. The molecule has 1 aromatic carbocycles. The smallest absolute Gasteiger partial charge is 0.419 e. The zero-order valence-electron chi connectivity index (χ0n) is 11.9. The van der Waals surface area contributed by atoms with Gasteiger partial charge in [-0.3, -0.25) is 4.79 Å². The van der Waals surface area contributed by atoms with Crippen molar-refractivity contribution in [2.75, 3.05) is 13.2 Å². The summed E-state index contributed by atoms with van der Waals surface area (Å²) < 4.78 is 48.2. The van der Waals surface area contributed by atoms with E-state index >= 15 is 0 Å². The van der Waals surface area contributed by atoms with Crippen molar-refractivity contribution in [3.05, 3.63) is 29.8 Å². The van der Waals surface area contributed by atoms with Crippen LogP contribution < -0.4 is 10.5 Å². The van der Waals surface area contributed by atoms with E-state index < -0.39 is 23.2 Å². The summed E-state index contributed by atoms with van der Waals surface area (Å²) in [5.74, 6) is -0.901. The number of carbonyl (C=O) groups excluding carboxylic acids is 1. The second-order valence-electron chi connectivity index (χ2n) is 4.73. The normalized spacial score (nSPS) is 14.4. The van der Waals surface area contributed by atoms with Crippen LogP contribution >= 0.6 is 0 Å². The van der Waals surface area contributed by atoms with Crippen LogP contribution in [0.25, 0.3) is 0 Å². The van der Waals surface area contributed by atoms with Crippen molar-refractivity contribution < 1.29 is 27.4 Å². The van der Waals surface area contributed by atoms with Crippen LogP contribution in [0.5, 0.6) is 5.75 Å². The zero-order chi connectivity index (χ0) is 16.1. The van der Waals surface area contributed by atoms with E-state index in [0.29, 0.717) is 0 Å². The molecule has 1 rings (SSSR count). The van der Waals surface area contributed by atoms with Crippen LogP contribution in [0, 0.1) is 0 Å². The lowest BCUT2D eigenvalue weighted by Gasteiger charge is -2.22. The first-order chi connectivity index (χ1) is 9.68.